The highest BCUT2D eigenvalue weighted by Gasteiger charge is 2.23. The van der Waals surface area contributed by atoms with Crippen LogP contribution in [0.15, 0.2) is 12.1 Å². The number of rotatable bonds is 5. The molecule has 3 heteroatoms. The van der Waals surface area contributed by atoms with Crippen LogP contribution in [0, 0.1) is 25.6 Å². The molecule has 1 aromatic rings. The van der Waals surface area contributed by atoms with E-state index in [9.17, 15) is 4.39 Å². The van der Waals surface area contributed by atoms with Gasteiger partial charge in [-0.2, -0.15) is 0 Å². The number of hydrogen-bond acceptors (Lipinski definition) is 2. The van der Waals surface area contributed by atoms with E-state index < -0.39 is 0 Å². The maximum Gasteiger partial charge on any atom is 0.129 e. The van der Waals surface area contributed by atoms with E-state index in [1.165, 1.54) is 31.5 Å². The molecule has 1 saturated heterocycles. The number of benzene rings is 1. The molecule has 1 heterocycles. The minimum atomic E-state index is -0.0716. The fourth-order valence-electron chi connectivity index (χ4n) is 3.37. The maximum atomic E-state index is 13.7. The van der Waals surface area contributed by atoms with Gasteiger partial charge in [0.25, 0.3) is 0 Å². The molecule has 0 aliphatic carbocycles. The first-order valence-electron chi connectivity index (χ1n) is 8.22. The van der Waals surface area contributed by atoms with Crippen molar-refractivity contribution in [3.05, 3.63) is 34.6 Å². The minimum absolute atomic E-state index is 0.0716. The van der Waals surface area contributed by atoms with Gasteiger partial charge in [-0.1, -0.05) is 19.1 Å². The van der Waals surface area contributed by atoms with Crippen molar-refractivity contribution in [1.29, 1.82) is 0 Å². The molecule has 2 nitrogen and oxygen atoms in total. The number of nitrogens with one attached hydrogen (secondary N) is 1. The van der Waals surface area contributed by atoms with Crippen molar-refractivity contribution in [2.24, 2.45) is 5.92 Å². The van der Waals surface area contributed by atoms with E-state index in [0.29, 0.717) is 6.04 Å². The van der Waals surface area contributed by atoms with Gasteiger partial charge >= 0.3 is 0 Å². The molecular weight excluding hydrogens is 263 g/mol. The van der Waals surface area contributed by atoms with E-state index in [2.05, 4.69) is 24.1 Å². The molecule has 0 bridgehead atoms. The van der Waals surface area contributed by atoms with Gasteiger partial charge in [0.05, 0.1) is 0 Å². The zero-order valence-corrected chi connectivity index (χ0v) is 13.9. The Morgan fingerprint density at radius 2 is 2.00 bits per heavy atom. The van der Waals surface area contributed by atoms with Crippen molar-refractivity contribution in [2.45, 2.75) is 53.1 Å². The topological polar surface area (TPSA) is 15.3 Å². The average Bonchev–Trinajstić information content (AvgIpc) is 2.50. The second kappa shape index (κ2) is 7.37. The van der Waals surface area contributed by atoms with Gasteiger partial charge in [-0.3, -0.25) is 0 Å². The summed E-state index contributed by atoms with van der Waals surface area (Å²) < 4.78 is 13.7. The molecule has 118 valence electrons. The molecule has 1 N–H and O–H groups in total. The quantitative estimate of drug-likeness (QED) is 0.891. The van der Waals surface area contributed by atoms with Crippen LogP contribution in [-0.2, 0) is 6.54 Å². The Morgan fingerprint density at radius 1 is 1.33 bits per heavy atom. The van der Waals surface area contributed by atoms with Gasteiger partial charge in [0, 0.05) is 19.1 Å². The van der Waals surface area contributed by atoms with Crippen LogP contribution in [0.3, 0.4) is 0 Å². The second-order valence-corrected chi connectivity index (χ2v) is 6.51. The van der Waals surface area contributed by atoms with E-state index >= 15 is 0 Å². The Labute approximate surface area is 128 Å². The second-order valence-electron chi connectivity index (χ2n) is 6.51. The molecule has 1 aliphatic heterocycles. The van der Waals surface area contributed by atoms with Gasteiger partial charge in [-0.15, -0.1) is 0 Å². The van der Waals surface area contributed by atoms with Crippen LogP contribution in [0.25, 0.3) is 0 Å². The zero-order valence-electron chi connectivity index (χ0n) is 13.9. The van der Waals surface area contributed by atoms with E-state index in [0.717, 1.165) is 30.1 Å². The summed E-state index contributed by atoms with van der Waals surface area (Å²) in [5, 5.41) is 3.64. The van der Waals surface area contributed by atoms with Crippen molar-refractivity contribution in [2.75, 3.05) is 19.6 Å². The van der Waals surface area contributed by atoms with Gasteiger partial charge in [0.15, 0.2) is 0 Å². The summed E-state index contributed by atoms with van der Waals surface area (Å²) in [4.78, 5) is 2.54. The molecule has 2 atom stereocenters. The van der Waals surface area contributed by atoms with Crippen molar-refractivity contribution >= 4 is 0 Å². The van der Waals surface area contributed by atoms with Crippen LogP contribution in [-0.4, -0.2) is 30.6 Å². The lowest BCUT2D eigenvalue weighted by molar-refractivity contribution is 0.157. The molecule has 1 aliphatic rings. The molecule has 2 unspecified atom stereocenters. The summed E-state index contributed by atoms with van der Waals surface area (Å²) in [6.45, 7) is 12.6. The van der Waals surface area contributed by atoms with Crippen LogP contribution in [0.5, 0.6) is 0 Å². The minimum Gasteiger partial charge on any atom is -0.310 e. The van der Waals surface area contributed by atoms with Gasteiger partial charge in [-0.25, -0.2) is 4.39 Å². The Hall–Kier alpha value is -0.930. The van der Waals surface area contributed by atoms with Crippen LogP contribution in [0.1, 0.15) is 43.4 Å². The summed E-state index contributed by atoms with van der Waals surface area (Å²) in [5.74, 6) is 0.652. The molecule has 0 spiro atoms. The SMILES string of the molecule is CCN1CCCC(C(C)NCc2cc(C)c(F)c(C)c2)C1. The highest BCUT2D eigenvalue weighted by Crippen LogP contribution is 2.20. The van der Waals surface area contributed by atoms with Crippen LogP contribution in [0.2, 0.25) is 0 Å². The number of piperidine rings is 1. The van der Waals surface area contributed by atoms with E-state index in [1.54, 1.807) is 0 Å². The average molecular weight is 292 g/mol. The third kappa shape index (κ3) is 4.27. The summed E-state index contributed by atoms with van der Waals surface area (Å²) in [5.41, 5.74) is 2.67. The summed E-state index contributed by atoms with van der Waals surface area (Å²) in [6.07, 6.45) is 2.62. The van der Waals surface area contributed by atoms with Gasteiger partial charge in [0.2, 0.25) is 0 Å². The molecule has 0 saturated carbocycles. The zero-order chi connectivity index (χ0) is 15.4. The third-order valence-corrected chi connectivity index (χ3v) is 4.82. The van der Waals surface area contributed by atoms with Gasteiger partial charge in [-0.05, 0) is 69.3 Å². The first-order valence-corrected chi connectivity index (χ1v) is 8.22. The predicted molar refractivity (Wildman–Crippen MR) is 87.0 cm³/mol. The largest absolute Gasteiger partial charge is 0.310 e. The maximum absolute atomic E-state index is 13.7. The van der Waals surface area contributed by atoms with Crippen LogP contribution in [0.4, 0.5) is 4.39 Å². The normalized spacial score (nSPS) is 21.5. The molecule has 0 radical (unpaired) electrons. The fourth-order valence-corrected chi connectivity index (χ4v) is 3.37. The molecule has 21 heavy (non-hydrogen) atoms. The summed E-state index contributed by atoms with van der Waals surface area (Å²) in [6, 6.07) is 4.42. The van der Waals surface area contributed by atoms with Crippen molar-refractivity contribution < 1.29 is 4.39 Å². The van der Waals surface area contributed by atoms with Crippen molar-refractivity contribution in [3.8, 4) is 0 Å². The van der Waals surface area contributed by atoms with E-state index in [-0.39, 0.29) is 5.82 Å². The first kappa shape index (κ1) is 16.4. The van der Waals surface area contributed by atoms with Gasteiger partial charge < -0.3 is 10.2 Å². The third-order valence-electron chi connectivity index (χ3n) is 4.82. The van der Waals surface area contributed by atoms with E-state index in [1.807, 2.05) is 26.0 Å². The Morgan fingerprint density at radius 3 is 2.62 bits per heavy atom. The predicted octanol–water partition coefficient (Wildman–Crippen LogP) is 3.65. The lowest BCUT2D eigenvalue weighted by Crippen LogP contribution is -2.44. The lowest BCUT2D eigenvalue weighted by atomic mass is 9.91. The Balaban J connectivity index is 1.90. The number of likely N-dealkylation sites (tertiary alicyclic amines) is 1. The first-order chi connectivity index (χ1) is 10.0. The molecule has 0 aromatic heterocycles. The molecule has 2 rings (SSSR count). The molecule has 0 amide bonds. The van der Waals surface area contributed by atoms with Crippen molar-refractivity contribution in [1.82, 2.24) is 10.2 Å². The monoisotopic (exact) mass is 292 g/mol. The fraction of sp³-hybridized carbons (Fsp3) is 0.667. The standard InChI is InChI=1S/C18H29FN2/c1-5-21-8-6-7-17(12-21)15(4)20-11-16-9-13(2)18(19)14(3)10-16/h9-10,15,17,20H,5-8,11-12H2,1-4H3. The van der Waals surface area contributed by atoms with Crippen molar-refractivity contribution in [3.63, 3.8) is 0 Å². The van der Waals surface area contributed by atoms with Crippen LogP contribution >= 0.6 is 0 Å². The van der Waals surface area contributed by atoms with Gasteiger partial charge in [0.1, 0.15) is 5.82 Å². The Kier molecular flexibility index (Phi) is 5.77. The summed E-state index contributed by atoms with van der Waals surface area (Å²) in [7, 11) is 0. The van der Waals surface area contributed by atoms with E-state index in [4.69, 9.17) is 0 Å². The smallest absolute Gasteiger partial charge is 0.129 e. The Bertz CT molecular complexity index is 449. The van der Waals surface area contributed by atoms with Crippen LogP contribution < -0.4 is 5.32 Å². The number of nitrogens with zero attached hydrogens (tertiary/aromatic N) is 1. The number of halogens is 1. The molecule has 1 aromatic carbocycles. The lowest BCUT2D eigenvalue weighted by Gasteiger charge is -2.35. The number of aryl methyl sites for hydroxylation is 2. The molecule has 1 fully saturated rings. The summed E-state index contributed by atoms with van der Waals surface area (Å²) >= 11 is 0. The highest BCUT2D eigenvalue weighted by atomic mass is 19.1. The highest BCUT2D eigenvalue weighted by molar-refractivity contribution is 5.30. The number of hydrogen-bond donors (Lipinski definition) is 1. The molecular formula is C18H29FN2.